The number of hydrogen-bond donors (Lipinski definition) is 2. The number of allylic oxidation sites excluding steroid dienone is 1. The molecule has 2 heterocycles. The Labute approximate surface area is 179 Å². The SMILES string of the molecule is C=c1c(C)cs/c1=C(/N=C(\C)N[C@@H](C)c1ncc(F)cn1)NC(/C=C(\C)OC)=N/C. The van der Waals surface area contributed by atoms with E-state index in [0.29, 0.717) is 29.1 Å². The minimum Gasteiger partial charge on any atom is -0.501 e. The van der Waals surface area contributed by atoms with Gasteiger partial charge in [-0.25, -0.2) is 19.4 Å². The summed E-state index contributed by atoms with van der Waals surface area (Å²) in [5, 5.41) is 9.43. The Morgan fingerprint density at radius 1 is 1.33 bits per heavy atom. The molecular formula is C21H27FN6OS. The lowest BCUT2D eigenvalue weighted by molar-refractivity contribution is 0.294. The molecule has 2 aromatic heterocycles. The Kier molecular flexibility index (Phi) is 8.23. The Morgan fingerprint density at radius 3 is 2.53 bits per heavy atom. The summed E-state index contributed by atoms with van der Waals surface area (Å²) in [4.78, 5) is 17.0. The number of rotatable bonds is 6. The van der Waals surface area contributed by atoms with Crippen molar-refractivity contribution in [3.05, 3.63) is 56.6 Å². The minimum absolute atomic E-state index is 0.255. The van der Waals surface area contributed by atoms with E-state index < -0.39 is 5.82 Å². The van der Waals surface area contributed by atoms with E-state index in [2.05, 4.69) is 32.2 Å². The van der Waals surface area contributed by atoms with Crippen LogP contribution in [-0.4, -0.2) is 35.8 Å². The topological polar surface area (TPSA) is 83.8 Å². The smallest absolute Gasteiger partial charge is 0.159 e. The molecule has 1 atom stereocenters. The van der Waals surface area contributed by atoms with Crippen LogP contribution in [0.3, 0.4) is 0 Å². The molecule has 0 fully saturated rings. The highest BCUT2D eigenvalue weighted by Crippen LogP contribution is 2.07. The van der Waals surface area contributed by atoms with Crippen LogP contribution >= 0.6 is 11.3 Å². The van der Waals surface area contributed by atoms with Gasteiger partial charge < -0.3 is 15.4 Å². The molecule has 0 aliphatic rings. The molecule has 30 heavy (non-hydrogen) atoms. The van der Waals surface area contributed by atoms with Crippen molar-refractivity contribution in [1.82, 2.24) is 20.6 Å². The summed E-state index contributed by atoms with van der Waals surface area (Å²) in [6, 6.07) is -0.255. The number of aryl methyl sites for hydroxylation is 1. The molecule has 0 aromatic carbocycles. The van der Waals surface area contributed by atoms with Gasteiger partial charge in [0.25, 0.3) is 0 Å². The van der Waals surface area contributed by atoms with Gasteiger partial charge >= 0.3 is 0 Å². The van der Waals surface area contributed by atoms with Crippen molar-refractivity contribution in [3.8, 4) is 0 Å². The van der Waals surface area contributed by atoms with Crippen LogP contribution in [0.15, 0.2) is 39.6 Å². The number of aromatic nitrogens is 2. The van der Waals surface area contributed by atoms with E-state index >= 15 is 0 Å². The highest BCUT2D eigenvalue weighted by atomic mass is 32.1. The van der Waals surface area contributed by atoms with Gasteiger partial charge in [0.1, 0.15) is 17.5 Å². The quantitative estimate of drug-likeness (QED) is 0.418. The van der Waals surface area contributed by atoms with E-state index in [-0.39, 0.29) is 6.04 Å². The van der Waals surface area contributed by atoms with Gasteiger partial charge in [0.15, 0.2) is 11.6 Å². The first-order valence-corrected chi connectivity index (χ1v) is 10.2. The van der Waals surface area contributed by atoms with E-state index in [1.54, 1.807) is 31.6 Å². The number of methoxy groups -OCH3 is 1. The van der Waals surface area contributed by atoms with Crippen molar-refractivity contribution in [2.24, 2.45) is 9.98 Å². The lowest BCUT2D eigenvalue weighted by atomic mass is 10.3. The fraction of sp³-hybridized carbons (Fsp3) is 0.333. The number of hydrogen-bond acceptors (Lipinski definition) is 6. The number of ether oxygens (including phenoxy) is 1. The Hall–Kier alpha value is -3.07. The Morgan fingerprint density at radius 2 is 2.00 bits per heavy atom. The maximum absolute atomic E-state index is 13.1. The van der Waals surface area contributed by atoms with Gasteiger partial charge in [-0.1, -0.05) is 6.58 Å². The standard InChI is InChI=1S/C21H27FN6OS/c1-12-11-30-19(14(12)3)21(28-18(23-6)8-13(2)29-7)27-16(5)26-15(4)20-24-9-17(22)10-25-20/h8-11,15H,3H2,1-2,4-7H3,(H,23,28)(H,26,27)/b13-8+,21-19-/t15-/m0/s1. The zero-order valence-corrected chi connectivity index (χ0v) is 18.9. The van der Waals surface area contributed by atoms with E-state index in [1.807, 2.05) is 33.1 Å². The summed E-state index contributed by atoms with van der Waals surface area (Å²) in [7, 11) is 3.29. The molecule has 2 aromatic rings. The van der Waals surface area contributed by atoms with Gasteiger partial charge in [-0.3, -0.25) is 4.99 Å². The number of nitrogens with one attached hydrogen (secondary N) is 2. The summed E-state index contributed by atoms with van der Waals surface area (Å²) in [6.07, 6.45) is 4.07. The van der Waals surface area contributed by atoms with Crippen LogP contribution in [0.4, 0.5) is 4.39 Å². The predicted molar refractivity (Wildman–Crippen MR) is 121 cm³/mol. The normalized spacial score (nSPS) is 15.0. The summed E-state index contributed by atoms with van der Waals surface area (Å²) < 4.78 is 19.2. The maximum Gasteiger partial charge on any atom is 0.159 e. The molecule has 0 radical (unpaired) electrons. The third-order valence-corrected chi connectivity index (χ3v) is 5.35. The molecule has 0 aliphatic carbocycles. The number of amidine groups is 2. The number of aliphatic imine (C=N–C) groups is 2. The van der Waals surface area contributed by atoms with Gasteiger partial charge in [-0.15, -0.1) is 11.3 Å². The van der Waals surface area contributed by atoms with E-state index in [9.17, 15) is 4.39 Å². The molecular weight excluding hydrogens is 403 g/mol. The second-order valence-electron chi connectivity index (χ2n) is 6.59. The summed E-state index contributed by atoms with van der Waals surface area (Å²) in [5.74, 6) is 2.54. The van der Waals surface area contributed by atoms with Gasteiger partial charge in [0.2, 0.25) is 0 Å². The van der Waals surface area contributed by atoms with Crippen molar-refractivity contribution < 1.29 is 9.13 Å². The monoisotopic (exact) mass is 430 g/mol. The Balaban J connectivity index is 2.40. The van der Waals surface area contributed by atoms with Crippen molar-refractivity contribution in [2.45, 2.75) is 33.7 Å². The summed E-state index contributed by atoms with van der Waals surface area (Å²) in [5.41, 5.74) is 1.08. The summed E-state index contributed by atoms with van der Waals surface area (Å²) >= 11 is 1.55. The molecule has 0 aliphatic heterocycles. The highest BCUT2D eigenvalue weighted by Gasteiger charge is 2.11. The van der Waals surface area contributed by atoms with Crippen molar-refractivity contribution >= 4 is 35.4 Å². The van der Waals surface area contributed by atoms with Crippen LogP contribution in [0.25, 0.3) is 12.4 Å². The lowest BCUT2D eigenvalue weighted by Gasteiger charge is -2.14. The first-order valence-electron chi connectivity index (χ1n) is 9.27. The van der Waals surface area contributed by atoms with Crippen LogP contribution in [0.5, 0.6) is 0 Å². The van der Waals surface area contributed by atoms with E-state index in [0.717, 1.165) is 27.7 Å². The third kappa shape index (κ3) is 6.21. The number of thiophene rings is 1. The molecule has 160 valence electrons. The van der Waals surface area contributed by atoms with E-state index in [4.69, 9.17) is 9.73 Å². The predicted octanol–water partition coefficient (Wildman–Crippen LogP) is 2.40. The molecule has 2 rings (SSSR count). The van der Waals surface area contributed by atoms with Crippen LogP contribution in [0, 0.1) is 12.7 Å². The van der Waals surface area contributed by atoms with Gasteiger partial charge in [0.05, 0.1) is 35.8 Å². The molecule has 2 N–H and O–H groups in total. The maximum atomic E-state index is 13.1. The summed E-state index contributed by atoms with van der Waals surface area (Å²) in [6.45, 7) is 11.7. The number of nitrogens with zero attached hydrogens (tertiary/aromatic N) is 4. The fourth-order valence-corrected chi connectivity index (χ4v) is 3.40. The molecule has 0 spiro atoms. The molecule has 0 unspecified atom stereocenters. The molecule has 0 amide bonds. The third-order valence-electron chi connectivity index (χ3n) is 4.20. The number of halogens is 1. The average molecular weight is 431 g/mol. The van der Waals surface area contributed by atoms with Crippen LogP contribution in [0.1, 0.15) is 38.2 Å². The van der Waals surface area contributed by atoms with Crippen LogP contribution < -0.4 is 20.4 Å². The van der Waals surface area contributed by atoms with E-state index in [1.165, 1.54) is 0 Å². The van der Waals surface area contributed by atoms with Gasteiger partial charge in [-0.2, -0.15) is 0 Å². The van der Waals surface area contributed by atoms with Crippen molar-refractivity contribution in [1.29, 1.82) is 0 Å². The second kappa shape index (κ2) is 10.6. The average Bonchev–Trinajstić information content (AvgIpc) is 3.05. The molecule has 0 bridgehead atoms. The van der Waals surface area contributed by atoms with Crippen molar-refractivity contribution in [3.63, 3.8) is 0 Å². The molecule has 9 heteroatoms. The zero-order valence-electron chi connectivity index (χ0n) is 18.1. The molecule has 0 saturated carbocycles. The molecule has 0 saturated heterocycles. The zero-order chi connectivity index (χ0) is 22.3. The van der Waals surface area contributed by atoms with Gasteiger partial charge in [0, 0.05) is 13.1 Å². The Bertz CT molecular complexity index is 1070. The minimum atomic E-state index is -0.474. The first-order chi connectivity index (χ1) is 14.2. The van der Waals surface area contributed by atoms with Crippen molar-refractivity contribution in [2.75, 3.05) is 14.2 Å². The fourth-order valence-electron chi connectivity index (χ4n) is 2.46. The van der Waals surface area contributed by atoms with Crippen LogP contribution in [0.2, 0.25) is 0 Å². The first kappa shape index (κ1) is 23.2. The second-order valence-corrected chi connectivity index (χ2v) is 7.47. The largest absolute Gasteiger partial charge is 0.501 e. The van der Waals surface area contributed by atoms with Gasteiger partial charge in [-0.05, 0) is 43.9 Å². The lowest BCUT2D eigenvalue weighted by Crippen LogP contribution is -2.33. The molecule has 7 nitrogen and oxygen atoms in total. The van der Waals surface area contributed by atoms with Crippen LogP contribution in [-0.2, 0) is 4.74 Å². The highest BCUT2D eigenvalue weighted by molar-refractivity contribution is 7.08.